The summed E-state index contributed by atoms with van der Waals surface area (Å²) in [5.74, 6) is 0.397. The molecule has 0 radical (unpaired) electrons. The van der Waals surface area contributed by atoms with E-state index in [0.29, 0.717) is 17.1 Å². The van der Waals surface area contributed by atoms with E-state index < -0.39 is 6.61 Å². The molecule has 1 amide bonds. The number of alkyl halides is 2. The Morgan fingerprint density at radius 2 is 1.88 bits per heavy atom. The van der Waals surface area contributed by atoms with E-state index in [4.69, 9.17) is 4.74 Å². The fourth-order valence-electron chi connectivity index (χ4n) is 2.06. The third-order valence-electron chi connectivity index (χ3n) is 3.16. The lowest BCUT2D eigenvalue weighted by Gasteiger charge is -2.12. The monoisotopic (exact) mass is 336 g/mol. The molecule has 128 valence electrons. The second kappa shape index (κ2) is 8.14. The molecule has 2 aromatic carbocycles. The average Bonchev–Trinajstić information content (AvgIpc) is 2.54. The van der Waals surface area contributed by atoms with Crippen LogP contribution in [-0.2, 0) is 4.79 Å². The first-order valence-corrected chi connectivity index (χ1v) is 7.21. The summed E-state index contributed by atoms with van der Waals surface area (Å²) in [6, 6.07) is 11.3. The first kappa shape index (κ1) is 17.5. The standard InChI is InChI=1S/C17H18F2N2O3/c1-11-3-8-15(23-2)14(9-11)20-10-16(22)21-12-4-6-13(7-5-12)24-17(18)19/h3-9,17,20H,10H2,1-2H3,(H,21,22). The summed E-state index contributed by atoms with van der Waals surface area (Å²) in [5, 5.41) is 5.66. The topological polar surface area (TPSA) is 59.6 Å². The van der Waals surface area contributed by atoms with Crippen LogP contribution < -0.4 is 20.1 Å². The second-order valence-electron chi connectivity index (χ2n) is 5.01. The van der Waals surface area contributed by atoms with Crippen molar-refractivity contribution in [3.8, 4) is 11.5 Å². The molecule has 0 bridgehead atoms. The maximum Gasteiger partial charge on any atom is 0.387 e. The third kappa shape index (κ3) is 5.12. The highest BCUT2D eigenvalue weighted by atomic mass is 19.3. The van der Waals surface area contributed by atoms with Crippen LogP contribution in [0.2, 0.25) is 0 Å². The lowest BCUT2D eigenvalue weighted by molar-refractivity contribution is -0.114. The van der Waals surface area contributed by atoms with E-state index in [1.165, 1.54) is 24.3 Å². The number of carbonyl (C=O) groups excluding carboxylic acids is 1. The zero-order chi connectivity index (χ0) is 17.5. The molecule has 0 aromatic heterocycles. The Hall–Kier alpha value is -2.83. The number of aryl methyl sites for hydroxylation is 1. The van der Waals surface area contributed by atoms with Crippen molar-refractivity contribution >= 4 is 17.3 Å². The first-order chi connectivity index (χ1) is 11.5. The largest absolute Gasteiger partial charge is 0.495 e. The SMILES string of the molecule is COc1ccc(C)cc1NCC(=O)Nc1ccc(OC(F)F)cc1. The molecule has 0 unspecified atom stereocenters. The molecule has 7 heteroatoms. The highest BCUT2D eigenvalue weighted by Gasteiger charge is 2.07. The summed E-state index contributed by atoms with van der Waals surface area (Å²) < 4.78 is 33.6. The number of halogens is 2. The van der Waals surface area contributed by atoms with Gasteiger partial charge in [0.2, 0.25) is 5.91 Å². The molecule has 0 fully saturated rings. The quantitative estimate of drug-likeness (QED) is 0.810. The van der Waals surface area contributed by atoms with Gasteiger partial charge in [0, 0.05) is 5.69 Å². The predicted octanol–water partition coefficient (Wildman–Crippen LogP) is 3.66. The molecule has 0 saturated heterocycles. The van der Waals surface area contributed by atoms with Gasteiger partial charge in [0.05, 0.1) is 19.3 Å². The maximum absolute atomic E-state index is 12.1. The number of rotatable bonds is 7. The van der Waals surface area contributed by atoms with Crippen LogP contribution in [0.5, 0.6) is 11.5 Å². The van der Waals surface area contributed by atoms with E-state index in [-0.39, 0.29) is 18.2 Å². The molecular formula is C17H18F2N2O3. The van der Waals surface area contributed by atoms with Crippen molar-refractivity contribution < 1.29 is 23.0 Å². The van der Waals surface area contributed by atoms with Gasteiger partial charge in [-0.2, -0.15) is 8.78 Å². The molecule has 0 saturated carbocycles. The van der Waals surface area contributed by atoms with E-state index in [1.807, 2.05) is 25.1 Å². The van der Waals surface area contributed by atoms with Crippen molar-refractivity contribution in [2.45, 2.75) is 13.5 Å². The van der Waals surface area contributed by atoms with E-state index in [2.05, 4.69) is 15.4 Å². The molecular weight excluding hydrogens is 318 g/mol. The van der Waals surface area contributed by atoms with Crippen LogP contribution in [0.1, 0.15) is 5.56 Å². The molecule has 0 heterocycles. The van der Waals surface area contributed by atoms with Crippen LogP contribution in [0.15, 0.2) is 42.5 Å². The van der Waals surface area contributed by atoms with Gasteiger partial charge in [0.25, 0.3) is 0 Å². The summed E-state index contributed by atoms with van der Waals surface area (Å²) in [5.41, 5.74) is 2.24. The summed E-state index contributed by atoms with van der Waals surface area (Å²) in [4.78, 5) is 12.0. The van der Waals surface area contributed by atoms with Gasteiger partial charge in [-0.15, -0.1) is 0 Å². The van der Waals surface area contributed by atoms with Crippen molar-refractivity contribution in [3.63, 3.8) is 0 Å². The van der Waals surface area contributed by atoms with E-state index >= 15 is 0 Å². The Bertz CT molecular complexity index is 691. The smallest absolute Gasteiger partial charge is 0.387 e. The fourth-order valence-corrected chi connectivity index (χ4v) is 2.06. The molecule has 2 N–H and O–H groups in total. The van der Waals surface area contributed by atoms with Gasteiger partial charge in [0.1, 0.15) is 11.5 Å². The van der Waals surface area contributed by atoms with Crippen molar-refractivity contribution in [1.29, 1.82) is 0 Å². The summed E-state index contributed by atoms with van der Waals surface area (Å²) >= 11 is 0. The number of hydrogen-bond donors (Lipinski definition) is 2. The minimum atomic E-state index is -2.88. The second-order valence-corrected chi connectivity index (χ2v) is 5.01. The van der Waals surface area contributed by atoms with Crippen LogP contribution in [0, 0.1) is 6.92 Å². The Morgan fingerprint density at radius 3 is 2.50 bits per heavy atom. The number of methoxy groups -OCH3 is 1. The Balaban J connectivity index is 1.90. The number of carbonyl (C=O) groups is 1. The van der Waals surface area contributed by atoms with Crippen molar-refractivity contribution in [1.82, 2.24) is 0 Å². The highest BCUT2D eigenvalue weighted by molar-refractivity contribution is 5.94. The van der Waals surface area contributed by atoms with E-state index in [1.54, 1.807) is 7.11 Å². The summed E-state index contributed by atoms with van der Waals surface area (Å²) in [7, 11) is 1.55. The fraction of sp³-hybridized carbons (Fsp3) is 0.235. The predicted molar refractivity (Wildman–Crippen MR) is 87.9 cm³/mol. The normalized spacial score (nSPS) is 10.4. The summed E-state index contributed by atoms with van der Waals surface area (Å²) in [6.45, 7) is -0.901. The Labute approximate surface area is 138 Å². The molecule has 24 heavy (non-hydrogen) atoms. The van der Waals surface area contributed by atoms with Gasteiger partial charge >= 0.3 is 6.61 Å². The van der Waals surface area contributed by atoms with Gasteiger partial charge in [0.15, 0.2) is 0 Å². The Kier molecular flexibility index (Phi) is 5.95. The van der Waals surface area contributed by atoms with E-state index in [0.717, 1.165) is 5.56 Å². The average molecular weight is 336 g/mol. The van der Waals surface area contributed by atoms with Crippen molar-refractivity contribution in [2.75, 3.05) is 24.3 Å². The number of amides is 1. The number of hydrogen-bond acceptors (Lipinski definition) is 4. The maximum atomic E-state index is 12.1. The highest BCUT2D eigenvalue weighted by Crippen LogP contribution is 2.25. The molecule has 0 atom stereocenters. The van der Waals surface area contributed by atoms with Crippen LogP contribution >= 0.6 is 0 Å². The number of nitrogens with one attached hydrogen (secondary N) is 2. The minimum Gasteiger partial charge on any atom is -0.495 e. The first-order valence-electron chi connectivity index (χ1n) is 7.21. The van der Waals surface area contributed by atoms with Crippen molar-refractivity contribution in [2.24, 2.45) is 0 Å². The lowest BCUT2D eigenvalue weighted by Crippen LogP contribution is -2.22. The van der Waals surface area contributed by atoms with Crippen LogP contribution in [0.25, 0.3) is 0 Å². The van der Waals surface area contributed by atoms with Gasteiger partial charge < -0.3 is 20.1 Å². The number of ether oxygens (including phenoxy) is 2. The lowest BCUT2D eigenvalue weighted by atomic mass is 10.2. The van der Waals surface area contributed by atoms with Gasteiger partial charge in [-0.25, -0.2) is 0 Å². The van der Waals surface area contributed by atoms with Gasteiger partial charge in [-0.1, -0.05) is 6.07 Å². The van der Waals surface area contributed by atoms with Crippen LogP contribution in [-0.4, -0.2) is 26.2 Å². The molecule has 0 aliphatic rings. The zero-order valence-corrected chi connectivity index (χ0v) is 13.3. The van der Waals surface area contributed by atoms with Crippen LogP contribution in [0.4, 0.5) is 20.2 Å². The third-order valence-corrected chi connectivity index (χ3v) is 3.16. The molecule has 2 rings (SSSR count). The van der Waals surface area contributed by atoms with Crippen LogP contribution in [0.3, 0.4) is 0 Å². The van der Waals surface area contributed by atoms with E-state index in [9.17, 15) is 13.6 Å². The number of anilines is 2. The van der Waals surface area contributed by atoms with Gasteiger partial charge in [-0.05, 0) is 48.9 Å². The molecule has 0 aliphatic heterocycles. The molecule has 2 aromatic rings. The molecule has 0 spiro atoms. The summed E-state index contributed by atoms with van der Waals surface area (Å²) in [6.07, 6.45) is 0. The Morgan fingerprint density at radius 1 is 1.17 bits per heavy atom. The minimum absolute atomic E-state index is 0.0330. The molecule has 5 nitrogen and oxygen atoms in total. The number of benzene rings is 2. The van der Waals surface area contributed by atoms with Gasteiger partial charge in [-0.3, -0.25) is 4.79 Å². The van der Waals surface area contributed by atoms with Crippen molar-refractivity contribution in [3.05, 3.63) is 48.0 Å². The molecule has 0 aliphatic carbocycles. The zero-order valence-electron chi connectivity index (χ0n) is 13.3.